The molecule has 126 valence electrons. The first kappa shape index (κ1) is 17.2. The Balaban J connectivity index is 2.35. The van der Waals surface area contributed by atoms with Crippen molar-refractivity contribution in [1.29, 1.82) is 0 Å². The van der Waals surface area contributed by atoms with Crippen LogP contribution in [0.5, 0.6) is 0 Å². The molecule has 6 heteroatoms. The molecule has 0 saturated heterocycles. The van der Waals surface area contributed by atoms with E-state index in [0.717, 1.165) is 12.8 Å². The van der Waals surface area contributed by atoms with E-state index in [2.05, 4.69) is 5.32 Å². The zero-order chi connectivity index (χ0) is 17.3. The van der Waals surface area contributed by atoms with Gasteiger partial charge in [-0.25, -0.2) is 0 Å². The van der Waals surface area contributed by atoms with Crippen LogP contribution in [0.3, 0.4) is 0 Å². The summed E-state index contributed by atoms with van der Waals surface area (Å²) < 4.78 is 1.34. The number of nitrogens with one attached hydrogen (secondary N) is 1. The number of amides is 2. The van der Waals surface area contributed by atoms with Crippen LogP contribution in [0.2, 0.25) is 0 Å². The van der Waals surface area contributed by atoms with Gasteiger partial charge >= 0.3 is 0 Å². The van der Waals surface area contributed by atoms with Crippen molar-refractivity contribution in [3.8, 4) is 0 Å². The second-order valence-corrected chi connectivity index (χ2v) is 6.72. The van der Waals surface area contributed by atoms with Crippen molar-refractivity contribution in [2.45, 2.75) is 52.6 Å². The average Bonchev–Trinajstić information content (AvgIpc) is 3.27. The highest BCUT2D eigenvalue weighted by Crippen LogP contribution is 2.29. The molecule has 0 bridgehead atoms. The lowest BCUT2D eigenvalue weighted by molar-refractivity contribution is -0.117. The van der Waals surface area contributed by atoms with Crippen molar-refractivity contribution in [2.24, 2.45) is 13.0 Å². The molecule has 1 aliphatic carbocycles. The predicted octanol–water partition coefficient (Wildman–Crippen LogP) is 1.99. The zero-order valence-electron chi connectivity index (χ0n) is 14.4. The molecule has 0 atom stereocenters. The Morgan fingerprint density at radius 1 is 1.22 bits per heavy atom. The molecule has 0 aromatic carbocycles. The molecule has 1 aliphatic rings. The Kier molecular flexibility index (Phi) is 4.92. The normalized spacial score (nSPS) is 14.2. The van der Waals surface area contributed by atoms with Gasteiger partial charge in [-0.1, -0.05) is 0 Å². The maximum absolute atomic E-state index is 12.8. The van der Waals surface area contributed by atoms with Crippen molar-refractivity contribution in [2.75, 3.05) is 5.32 Å². The van der Waals surface area contributed by atoms with E-state index in [4.69, 9.17) is 0 Å². The fraction of sp³-hybridized carbons (Fsp3) is 0.588. The molecule has 1 aromatic rings. The van der Waals surface area contributed by atoms with Gasteiger partial charge in [0.15, 0.2) is 0 Å². The number of hydrogen-bond donors (Lipinski definition) is 1. The van der Waals surface area contributed by atoms with E-state index in [1.165, 1.54) is 16.8 Å². The molecule has 1 aromatic heterocycles. The summed E-state index contributed by atoms with van der Waals surface area (Å²) >= 11 is 0. The molecule has 0 radical (unpaired) electrons. The minimum atomic E-state index is -0.309. The molecule has 1 heterocycles. The molecule has 6 nitrogen and oxygen atoms in total. The number of rotatable bonds is 5. The molecule has 2 rings (SSSR count). The lowest BCUT2D eigenvalue weighted by atomic mass is 10.1. The van der Waals surface area contributed by atoms with Crippen LogP contribution in [0.25, 0.3) is 0 Å². The zero-order valence-corrected chi connectivity index (χ0v) is 14.4. The highest BCUT2D eigenvalue weighted by atomic mass is 16.2. The minimum Gasteiger partial charge on any atom is -0.334 e. The fourth-order valence-corrected chi connectivity index (χ4v) is 2.71. The second-order valence-electron chi connectivity index (χ2n) is 6.72. The summed E-state index contributed by atoms with van der Waals surface area (Å²) in [5.41, 5.74) is 0.263. The first-order valence-electron chi connectivity index (χ1n) is 8.06. The van der Waals surface area contributed by atoms with Crippen molar-refractivity contribution in [1.82, 2.24) is 9.47 Å². The SMILES string of the molecule is CC(C)N(C(=O)c1cc(NC(=O)C2CC2)c(=O)n(C)c1)C(C)C. The second kappa shape index (κ2) is 6.56. The number of carbonyl (C=O) groups excluding carboxylic acids is 2. The third kappa shape index (κ3) is 3.81. The Labute approximate surface area is 136 Å². The van der Waals surface area contributed by atoms with Gasteiger partial charge in [-0.05, 0) is 46.6 Å². The van der Waals surface area contributed by atoms with Gasteiger partial charge in [0.25, 0.3) is 11.5 Å². The summed E-state index contributed by atoms with van der Waals surface area (Å²) in [6, 6.07) is 1.58. The summed E-state index contributed by atoms with van der Waals surface area (Å²) in [6.07, 6.45) is 3.24. The Hall–Kier alpha value is -2.11. The van der Waals surface area contributed by atoms with Gasteiger partial charge in [-0.2, -0.15) is 0 Å². The average molecular weight is 319 g/mol. The van der Waals surface area contributed by atoms with E-state index in [1.807, 2.05) is 27.7 Å². The number of aromatic nitrogens is 1. The lowest BCUT2D eigenvalue weighted by Gasteiger charge is -2.31. The van der Waals surface area contributed by atoms with E-state index in [9.17, 15) is 14.4 Å². The molecule has 2 amide bonds. The van der Waals surface area contributed by atoms with Crippen LogP contribution in [0.1, 0.15) is 50.9 Å². The van der Waals surface area contributed by atoms with Crippen LogP contribution in [-0.2, 0) is 11.8 Å². The summed E-state index contributed by atoms with van der Waals surface area (Å²) in [6.45, 7) is 7.82. The highest BCUT2D eigenvalue weighted by molar-refractivity contribution is 5.98. The van der Waals surface area contributed by atoms with Gasteiger partial charge < -0.3 is 14.8 Å². The van der Waals surface area contributed by atoms with Crippen molar-refractivity contribution in [3.05, 3.63) is 28.2 Å². The van der Waals surface area contributed by atoms with E-state index in [1.54, 1.807) is 11.9 Å². The molecule has 0 unspecified atom stereocenters. The van der Waals surface area contributed by atoms with Gasteiger partial charge in [0.1, 0.15) is 5.69 Å². The molecule has 1 saturated carbocycles. The Morgan fingerprint density at radius 3 is 2.26 bits per heavy atom. The van der Waals surface area contributed by atoms with Crippen molar-refractivity contribution < 1.29 is 9.59 Å². The van der Waals surface area contributed by atoms with Gasteiger partial charge in [0.2, 0.25) is 5.91 Å². The van der Waals surface area contributed by atoms with Gasteiger partial charge in [0, 0.05) is 31.2 Å². The van der Waals surface area contributed by atoms with Crippen LogP contribution < -0.4 is 10.9 Å². The van der Waals surface area contributed by atoms with Gasteiger partial charge in [-0.15, -0.1) is 0 Å². The first-order chi connectivity index (χ1) is 10.7. The standard InChI is InChI=1S/C17H25N3O3/c1-10(2)20(11(3)4)16(22)13-8-14(17(23)19(5)9-13)18-15(21)12-6-7-12/h8-12H,6-7H2,1-5H3,(H,18,21). The van der Waals surface area contributed by atoms with Crippen LogP contribution >= 0.6 is 0 Å². The van der Waals surface area contributed by atoms with Crippen LogP contribution in [0.4, 0.5) is 5.69 Å². The number of aryl methyl sites for hydroxylation is 1. The number of anilines is 1. The smallest absolute Gasteiger partial charge is 0.274 e. The van der Waals surface area contributed by atoms with E-state index in [-0.39, 0.29) is 41.1 Å². The topological polar surface area (TPSA) is 71.4 Å². The van der Waals surface area contributed by atoms with E-state index < -0.39 is 0 Å². The molecule has 1 fully saturated rings. The third-order valence-electron chi connectivity index (χ3n) is 3.98. The Bertz CT molecular complexity index is 664. The summed E-state index contributed by atoms with van der Waals surface area (Å²) in [5, 5.41) is 2.66. The summed E-state index contributed by atoms with van der Waals surface area (Å²) in [7, 11) is 1.58. The number of hydrogen-bond acceptors (Lipinski definition) is 3. The number of carbonyl (C=O) groups is 2. The number of nitrogens with zero attached hydrogens (tertiary/aromatic N) is 2. The highest BCUT2D eigenvalue weighted by Gasteiger charge is 2.30. The summed E-state index contributed by atoms with van der Waals surface area (Å²) in [5.74, 6) is -0.286. The molecule has 23 heavy (non-hydrogen) atoms. The lowest BCUT2D eigenvalue weighted by Crippen LogP contribution is -2.42. The van der Waals surface area contributed by atoms with Crippen LogP contribution in [-0.4, -0.2) is 33.4 Å². The third-order valence-corrected chi connectivity index (χ3v) is 3.98. The fourth-order valence-electron chi connectivity index (χ4n) is 2.71. The van der Waals surface area contributed by atoms with E-state index in [0.29, 0.717) is 5.56 Å². The summed E-state index contributed by atoms with van der Waals surface area (Å²) in [4.78, 5) is 38.6. The van der Waals surface area contributed by atoms with Crippen LogP contribution in [0, 0.1) is 5.92 Å². The predicted molar refractivity (Wildman–Crippen MR) is 89.5 cm³/mol. The van der Waals surface area contributed by atoms with Crippen LogP contribution in [0.15, 0.2) is 17.1 Å². The molecule has 0 spiro atoms. The molecule has 1 N–H and O–H groups in total. The van der Waals surface area contributed by atoms with E-state index >= 15 is 0 Å². The van der Waals surface area contributed by atoms with Gasteiger partial charge in [0.05, 0.1) is 5.56 Å². The maximum atomic E-state index is 12.8. The quantitative estimate of drug-likeness (QED) is 0.902. The maximum Gasteiger partial charge on any atom is 0.274 e. The monoisotopic (exact) mass is 319 g/mol. The molecule has 0 aliphatic heterocycles. The molecular weight excluding hydrogens is 294 g/mol. The van der Waals surface area contributed by atoms with Crippen molar-refractivity contribution in [3.63, 3.8) is 0 Å². The number of pyridine rings is 1. The Morgan fingerprint density at radius 2 is 1.78 bits per heavy atom. The van der Waals surface area contributed by atoms with Gasteiger partial charge in [-0.3, -0.25) is 14.4 Å². The minimum absolute atomic E-state index is 0.00175. The van der Waals surface area contributed by atoms with Crippen molar-refractivity contribution >= 4 is 17.5 Å². The largest absolute Gasteiger partial charge is 0.334 e. The first-order valence-corrected chi connectivity index (χ1v) is 8.06. The molecular formula is C17H25N3O3.